The first-order chi connectivity index (χ1) is 9.93. The van der Waals surface area contributed by atoms with Gasteiger partial charge in [-0.05, 0) is 20.3 Å². The molecule has 0 bridgehead atoms. The number of aromatic nitrogens is 4. The third-order valence-electron chi connectivity index (χ3n) is 3.25. The predicted octanol–water partition coefficient (Wildman–Crippen LogP) is 3.88. The molecule has 114 valence electrons. The van der Waals surface area contributed by atoms with Crippen LogP contribution in [-0.4, -0.2) is 26.3 Å². The van der Waals surface area contributed by atoms with Crippen molar-refractivity contribution >= 4 is 17.4 Å². The molecule has 2 heterocycles. The van der Waals surface area contributed by atoms with Crippen LogP contribution >= 0.6 is 11.6 Å². The Morgan fingerprint density at radius 2 is 2.00 bits per heavy atom. The topological polar surface area (TPSA) is 55.6 Å². The van der Waals surface area contributed by atoms with Gasteiger partial charge in [0.1, 0.15) is 11.6 Å². The fraction of sp³-hybridized carbons (Fsp3) is 0.533. The summed E-state index contributed by atoms with van der Waals surface area (Å²) in [6.45, 7) is 11.1. The summed E-state index contributed by atoms with van der Waals surface area (Å²) >= 11 is 6.11. The highest BCUT2D eigenvalue weighted by Crippen LogP contribution is 2.24. The zero-order chi connectivity index (χ0) is 15.6. The van der Waals surface area contributed by atoms with Crippen molar-refractivity contribution in [1.82, 2.24) is 19.7 Å². The Morgan fingerprint density at radius 1 is 1.29 bits per heavy atom. The minimum Gasteiger partial charge on any atom is -0.370 e. The van der Waals surface area contributed by atoms with Crippen molar-refractivity contribution < 1.29 is 0 Å². The molecule has 0 atom stereocenters. The number of hydrogen-bond donors (Lipinski definition) is 1. The molecule has 0 fully saturated rings. The van der Waals surface area contributed by atoms with Gasteiger partial charge in [0.2, 0.25) is 0 Å². The second-order valence-electron chi connectivity index (χ2n) is 5.47. The van der Waals surface area contributed by atoms with Crippen LogP contribution in [0.5, 0.6) is 0 Å². The van der Waals surface area contributed by atoms with Crippen molar-refractivity contribution in [2.45, 2.75) is 47.0 Å². The first-order valence-corrected chi connectivity index (χ1v) is 7.66. The van der Waals surface area contributed by atoms with Crippen LogP contribution in [0.3, 0.4) is 0 Å². The van der Waals surface area contributed by atoms with Crippen LogP contribution in [0.1, 0.15) is 50.2 Å². The number of aryl methyl sites for hydroxylation is 1. The summed E-state index contributed by atoms with van der Waals surface area (Å²) in [6.07, 6.45) is 2.84. The normalized spacial score (nSPS) is 11.2. The molecule has 0 aliphatic rings. The molecule has 2 aromatic heterocycles. The summed E-state index contributed by atoms with van der Waals surface area (Å²) in [5.41, 5.74) is 1.77. The summed E-state index contributed by atoms with van der Waals surface area (Å²) in [6, 6.07) is 0. The van der Waals surface area contributed by atoms with Crippen molar-refractivity contribution in [1.29, 1.82) is 0 Å². The first kappa shape index (κ1) is 15.8. The van der Waals surface area contributed by atoms with Gasteiger partial charge in [0.15, 0.2) is 5.82 Å². The van der Waals surface area contributed by atoms with Gasteiger partial charge in [0, 0.05) is 18.0 Å². The molecule has 0 radical (unpaired) electrons. The van der Waals surface area contributed by atoms with Crippen LogP contribution in [0.4, 0.5) is 5.82 Å². The van der Waals surface area contributed by atoms with E-state index in [0.29, 0.717) is 5.02 Å². The molecular weight excluding hydrogens is 286 g/mol. The summed E-state index contributed by atoms with van der Waals surface area (Å²) in [5, 5.41) is 8.43. The molecule has 0 saturated carbocycles. The minimum atomic E-state index is 0.249. The van der Waals surface area contributed by atoms with E-state index in [1.165, 1.54) is 0 Å². The van der Waals surface area contributed by atoms with Crippen molar-refractivity contribution in [3.63, 3.8) is 0 Å². The van der Waals surface area contributed by atoms with Crippen LogP contribution in [-0.2, 0) is 0 Å². The number of nitrogens with zero attached hydrogens (tertiary/aromatic N) is 4. The Labute approximate surface area is 130 Å². The summed E-state index contributed by atoms with van der Waals surface area (Å²) < 4.78 is 1.73. The maximum Gasteiger partial charge on any atom is 0.162 e. The highest BCUT2D eigenvalue weighted by molar-refractivity contribution is 6.31. The molecule has 0 aliphatic heterocycles. The maximum atomic E-state index is 6.11. The van der Waals surface area contributed by atoms with Crippen LogP contribution in [0, 0.1) is 13.8 Å². The van der Waals surface area contributed by atoms with Crippen LogP contribution in [0.2, 0.25) is 5.02 Å². The lowest BCUT2D eigenvalue weighted by atomic mass is 10.2. The van der Waals surface area contributed by atoms with Gasteiger partial charge in [0.05, 0.1) is 16.9 Å². The second kappa shape index (κ2) is 6.43. The smallest absolute Gasteiger partial charge is 0.162 e. The molecule has 2 aromatic rings. The lowest BCUT2D eigenvalue weighted by molar-refractivity contribution is 0.737. The number of halogens is 1. The molecule has 0 unspecified atom stereocenters. The first-order valence-electron chi connectivity index (χ1n) is 7.28. The SMILES string of the molecule is CCCNc1nc(C(C)C)nc(-n2cc(Cl)c(C)n2)c1C. The Kier molecular flexibility index (Phi) is 4.83. The molecular formula is C15H22ClN5. The van der Waals surface area contributed by atoms with Crippen LogP contribution in [0.25, 0.3) is 5.82 Å². The van der Waals surface area contributed by atoms with Crippen molar-refractivity contribution in [2.75, 3.05) is 11.9 Å². The van der Waals surface area contributed by atoms with Gasteiger partial charge in [-0.25, -0.2) is 14.6 Å². The van der Waals surface area contributed by atoms with Gasteiger partial charge in [0.25, 0.3) is 0 Å². The molecule has 0 aromatic carbocycles. The monoisotopic (exact) mass is 307 g/mol. The molecule has 5 nitrogen and oxygen atoms in total. The predicted molar refractivity (Wildman–Crippen MR) is 86.5 cm³/mol. The maximum absolute atomic E-state index is 6.11. The fourth-order valence-corrected chi connectivity index (χ4v) is 2.10. The molecule has 6 heteroatoms. The minimum absolute atomic E-state index is 0.249. The molecule has 0 amide bonds. The molecule has 0 aliphatic carbocycles. The van der Waals surface area contributed by atoms with E-state index in [-0.39, 0.29) is 5.92 Å². The van der Waals surface area contributed by atoms with Crippen LogP contribution < -0.4 is 5.32 Å². The third-order valence-corrected chi connectivity index (χ3v) is 3.62. The van der Waals surface area contributed by atoms with Crippen molar-refractivity contribution in [2.24, 2.45) is 0 Å². The zero-order valence-corrected chi connectivity index (χ0v) is 14.0. The van der Waals surface area contributed by atoms with E-state index < -0.39 is 0 Å². The van der Waals surface area contributed by atoms with E-state index >= 15 is 0 Å². The van der Waals surface area contributed by atoms with E-state index in [9.17, 15) is 0 Å². The lowest BCUT2D eigenvalue weighted by Crippen LogP contribution is -2.13. The molecule has 0 spiro atoms. The van der Waals surface area contributed by atoms with Gasteiger partial charge in [-0.1, -0.05) is 32.4 Å². The van der Waals surface area contributed by atoms with Gasteiger partial charge < -0.3 is 5.32 Å². The summed E-state index contributed by atoms with van der Waals surface area (Å²) in [7, 11) is 0. The van der Waals surface area contributed by atoms with Crippen LogP contribution in [0.15, 0.2) is 6.20 Å². The summed E-state index contributed by atoms with van der Waals surface area (Å²) in [5.74, 6) is 2.70. The lowest BCUT2D eigenvalue weighted by Gasteiger charge is -2.15. The van der Waals surface area contributed by atoms with E-state index in [1.54, 1.807) is 10.9 Å². The molecule has 2 rings (SSSR count). The van der Waals surface area contributed by atoms with Gasteiger partial charge in [-0.3, -0.25) is 0 Å². The Hall–Kier alpha value is -1.62. The zero-order valence-electron chi connectivity index (χ0n) is 13.2. The Balaban J connectivity index is 2.55. The molecule has 0 saturated heterocycles. The van der Waals surface area contributed by atoms with Gasteiger partial charge in [-0.15, -0.1) is 0 Å². The van der Waals surface area contributed by atoms with Gasteiger partial charge >= 0.3 is 0 Å². The largest absolute Gasteiger partial charge is 0.370 e. The van der Waals surface area contributed by atoms with E-state index in [0.717, 1.165) is 41.7 Å². The molecule has 1 N–H and O–H groups in total. The number of nitrogens with one attached hydrogen (secondary N) is 1. The average molecular weight is 308 g/mol. The van der Waals surface area contributed by atoms with Gasteiger partial charge in [-0.2, -0.15) is 5.10 Å². The number of hydrogen-bond acceptors (Lipinski definition) is 4. The standard InChI is InChI=1S/C15H22ClN5/c1-6-7-17-14-10(4)15(19-13(18-14)9(2)3)21-8-12(16)11(5)20-21/h8-9H,6-7H2,1-5H3,(H,17,18,19). The fourth-order valence-electron chi connectivity index (χ4n) is 1.97. The number of rotatable bonds is 5. The average Bonchev–Trinajstić information content (AvgIpc) is 2.77. The van der Waals surface area contributed by atoms with Crippen molar-refractivity contribution in [3.05, 3.63) is 28.3 Å². The quantitative estimate of drug-likeness (QED) is 0.911. The van der Waals surface area contributed by atoms with E-state index in [1.807, 2.05) is 13.8 Å². The highest BCUT2D eigenvalue weighted by Gasteiger charge is 2.16. The van der Waals surface area contributed by atoms with E-state index in [2.05, 4.69) is 41.2 Å². The third kappa shape index (κ3) is 3.35. The Morgan fingerprint density at radius 3 is 2.52 bits per heavy atom. The molecule has 21 heavy (non-hydrogen) atoms. The Bertz CT molecular complexity index is 614. The highest BCUT2D eigenvalue weighted by atomic mass is 35.5. The second-order valence-corrected chi connectivity index (χ2v) is 5.87. The summed E-state index contributed by atoms with van der Waals surface area (Å²) in [4.78, 5) is 9.28. The van der Waals surface area contributed by atoms with Crippen molar-refractivity contribution in [3.8, 4) is 5.82 Å². The number of anilines is 1. The van der Waals surface area contributed by atoms with E-state index in [4.69, 9.17) is 11.6 Å².